The summed E-state index contributed by atoms with van der Waals surface area (Å²) in [5, 5.41) is 4.30. The summed E-state index contributed by atoms with van der Waals surface area (Å²) in [6.07, 6.45) is 0. The lowest BCUT2D eigenvalue weighted by molar-refractivity contribution is 0.100. The fourth-order valence-corrected chi connectivity index (χ4v) is 4.23. The number of primary amides is 1. The van der Waals surface area contributed by atoms with Crippen molar-refractivity contribution in [1.29, 1.82) is 0 Å². The number of aryl methyl sites for hydroxylation is 2. The first-order chi connectivity index (χ1) is 14.0. The van der Waals surface area contributed by atoms with Crippen LogP contribution in [0.1, 0.15) is 27.0 Å². The third-order valence-electron chi connectivity index (χ3n) is 5.61. The highest BCUT2D eigenvalue weighted by atomic mass is 16.1. The van der Waals surface area contributed by atoms with Gasteiger partial charge in [0.15, 0.2) is 0 Å². The Morgan fingerprint density at radius 3 is 2.55 bits per heavy atom. The Balaban J connectivity index is 1.75. The molecule has 4 aromatic carbocycles. The Hall–Kier alpha value is -3.59. The number of carbonyl (C=O) groups is 1. The monoisotopic (exact) mass is 377 g/mol. The van der Waals surface area contributed by atoms with Gasteiger partial charge in [0.05, 0.1) is 11.0 Å². The van der Waals surface area contributed by atoms with Gasteiger partial charge in [-0.05, 0) is 66.1 Å². The molecule has 141 valence electrons. The van der Waals surface area contributed by atoms with Crippen LogP contribution in [-0.2, 0) is 6.54 Å². The minimum absolute atomic E-state index is 0.412. The molecule has 29 heavy (non-hydrogen) atoms. The fraction of sp³-hybridized carbons (Fsp3) is 0.115. The lowest BCUT2D eigenvalue weighted by Crippen LogP contribution is -2.11. The van der Waals surface area contributed by atoms with Crippen LogP contribution in [0.15, 0.2) is 66.7 Å². The molecule has 1 radical (unpaired) electrons. The van der Waals surface area contributed by atoms with E-state index in [2.05, 4.69) is 73.0 Å². The predicted octanol–water partition coefficient (Wildman–Crippen LogP) is 5.51. The average Bonchev–Trinajstić information content (AvgIpc) is 3.01. The van der Waals surface area contributed by atoms with Crippen molar-refractivity contribution in [1.82, 2.24) is 4.57 Å². The number of aromatic nitrogens is 1. The van der Waals surface area contributed by atoms with E-state index in [0.29, 0.717) is 12.1 Å². The Labute approximate surface area is 169 Å². The molecule has 0 spiro atoms. The first-order valence-electron chi connectivity index (χ1n) is 9.73. The lowest BCUT2D eigenvalue weighted by atomic mass is 10.0. The highest BCUT2D eigenvalue weighted by Crippen LogP contribution is 2.33. The molecule has 2 N–H and O–H groups in total. The van der Waals surface area contributed by atoms with Crippen molar-refractivity contribution in [3.05, 3.63) is 95.1 Å². The Bertz CT molecular complexity index is 1430. The van der Waals surface area contributed by atoms with Gasteiger partial charge in [-0.1, -0.05) is 48.0 Å². The van der Waals surface area contributed by atoms with Gasteiger partial charge in [-0.3, -0.25) is 4.79 Å². The number of carbonyl (C=O) groups excluding carboxylic acids is 1. The minimum Gasteiger partial charge on any atom is -0.366 e. The first-order valence-corrected chi connectivity index (χ1v) is 9.73. The van der Waals surface area contributed by atoms with Crippen LogP contribution in [0.25, 0.3) is 32.6 Å². The minimum atomic E-state index is -0.412. The van der Waals surface area contributed by atoms with E-state index in [4.69, 9.17) is 5.73 Å². The predicted molar refractivity (Wildman–Crippen MR) is 119 cm³/mol. The Morgan fingerprint density at radius 2 is 1.72 bits per heavy atom. The van der Waals surface area contributed by atoms with Crippen molar-refractivity contribution in [2.24, 2.45) is 5.73 Å². The van der Waals surface area contributed by atoms with E-state index in [1.165, 1.54) is 21.9 Å². The maximum absolute atomic E-state index is 12.1. The number of fused-ring (bicyclic) bond motifs is 4. The molecular weight excluding hydrogens is 356 g/mol. The molecule has 3 nitrogen and oxygen atoms in total. The highest BCUT2D eigenvalue weighted by Gasteiger charge is 2.17. The van der Waals surface area contributed by atoms with Crippen molar-refractivity contribution < 1.29 is 4.79 Å². The largest absolute Gasteiger partial charge is 0.366 e. The summed E-state index contributed by atoms with van der Waals surface area (Å²) >= 11 is 0. The van der Waals surface area contributed by atoms with Gasteiger partial charge in [0.25, 0.3) is 0 Å². The molecule has 0 unspecified atom stereocenters. The summed E-state index contributed by atoms with van der Waals surface area (Å²) in [5.41, 5.74) is 11.9. The third kappa shape index (κ3) is 2.87. The SMILES string of the molecule is Cc1ccc2cc(Cn3c4cc(C)c[c]c4c4c(C(N)=O)cccc43)ccc2c1. The maximum atomic E-state index is 12.1. The molecule has 3 heteroatoms. The van der Waals surface area contributed by atoms with E-state index in [1.807, 2.05) is 12.1 Å². The van der Waals surface area contributed by atoms with Gasteiger partial charge in [-0.2, -0.15) is 0 Å². The molecule has 0 saturated carbocycles. The molecule has 0 aliphatic carbocycles. The number of amides is 1. The zero-order valence-corrected chi connectivity index (χ0v) is 16.5. The number of hydrogen-bond acceptors (Lipinski definition) is 1. The van der Waals surface area contributed by atoms with E-state index in [0.717, 1.165) is 27.4 Å². The summed E-state index contributed by atoms with van der Waals surface area (Å²) in [4.78, 5) is 12.1. The van der Waals surface area contributed by atoms with Gasteiger partial charge < -0.3 is 10.3 Å². The zero-order chi connectivity index (χ0) is 20.1. The van der Waals surface area contributed by atoms with Crippen LogP contribution in [0.2, 0.25) is 0 Å². The molecule has 1 heterocycles. The second-order valence-electron chi connectivity index (χ2n) is 7.77. The second kappa shape index (κ2) is 6.49. The summed E-state index contributed by atoms with van der Waals surface area (Å²) < 4.78 is 2.26. The molecule has 1 aromatic heterocycles. The van der Waals surface area contributed by atoms with Crippen LogP contribution >= 0.6 is 0 Å². The lowest BCUT2D eigenvalue weighted by Gasteiger charge is -2.10. The molecule has 0 atom stereocenters. The quantitative estimate of drug-likeness (QED) is 0.443. The van der Waals surface area contributed by atoms with Gasteiger partial charge in [0.2, 0.25) is 5.91 Å². The molecule has 0 aliphatic rings. The van der Waals surface area contributed by atoms with Crippen molar-refractivity contribution in [3.63, 3.8) is 0 Å². The topological polar surface area (TPSA) is 48.0 Å². The van der Waals surface area contributed by atoms with Crippen molar-refractivity contribution >= 4 is 38.5 Å². The van der Waals surface area contributed by atoms with Crippen LogP contribution in [0.3, 0.4) is 0 Å². The van der Waals surface area contributed by atoms with E-state index < -0.39 is 5.91 Å². The summed E-state index contributed by atoms with van der Waals surface area (Å²) in [6, 6.07) is 26.3. The van der Waals surface area contributed by atoms with Gasteiger partial charge in [0.1, 0.15) is 0 Å². The van der Waals surface area contributed by atoms with Gasteiger partial charge in [-0.15, -0.1) is 0 Å². The normalized spacial score (nSPS) is 11.5. The van der Waals surface area contributed by atoms with Gasteiger partial charge >= 0.3 is 0 Å². The molecule has 0 fully saturated rings. The second-order valence-corrected chi connectivity index (χ2v) is 7.77. The molecule has 5 aromatic rings. The van der Waals surface area contributed by atoms with Gasteiger partial charge in [0, 0.05) is 22.9 Å². The van der Waals surface area contributed by atoms with E-state index >= 15 is 0 Å². The van der Waals surface area contributed by atoms with E-state index in [1.54, 1.807) is 6.07 Å². The van der Waals surface area contributed by atoms with Crippen molar-refractivity contribution in [3.8, 4) is 0 Å². The van der Waals surface area contributed by atoms with Crippen LogP contribution in [-0.4, -0.2) is 10.5 Å². The molecule has 0 aliphatic heterocycles. The van der Waals surface area contributed by atoms with E-state index in [-0.39, 0.29) is 0 Å². The number of rotatable bonds is 3. The highest BCUT2D eigenvalue weighted by molar-refractivity contribution is 6.17. The zero-order valence-electron chi connectivity index (χ0n) is 16.5. The number of nitrogens with two attached hydrogens (primary N) is 1. The average molecular weight is 377 g/mol. The number of nitrogens with zero attached hydrogens (tertiary/aromatic N) is 1. The molecule has 0 saturated heterocycles. The third-order valence-corrected chi connectivity index (χ3v) is 5.61. The van der Waals surface area contributed by atoms with Crippen LogP contribution in [0.4, 0.5) is 0 Å². The van der Waals surface area contributed by atoms with Crippen molar-refractivity contribution in [2.45, 2.75) is 20.4 Å². The summed E-state index contributed by atoms with van der Waals surface area (Å²) in [7, 11) is 0. The summed E-state index contributed by atoms with van der Waals surface area (Å²) in [5.74, 6) is -0.412. The van der Waals surface area contributed by atoms with Crippen molar-refractivity contribution in [2.75, 3.05) is 0 Å². The number of benzene rings is 4. The van der Waals surface area contributed by atoms with Crippen LogP contribution in [0.5, 0.6) is 0 Å². The Kier molecular flexibility index (Phi) is 3.92. The number of hydrogen-bond donors (Lipinski definition) is 1. The first kappa shape index (κ1) is 17.5. The smallest absolute Gasteiger partial charge is 0.249 e. The molecule has 5 rings (SSSR count). The summed E-state index contributed by atoms with van der Waals surface area (Å²) in [6.45, 7) is 4.88. The maximum Gasteiger partial charge on any atom is 0.249 e. The van der Waals surface area contributed by atoms with Crippen LogP contribution in [0, 0.1) is 19.9 Å². The van der Waals surface area contributed by atoms with Crippen LogP contribution < -0.4 is 5.73 Å². The molecule has 1 amide bonds. The standard InChI is InChI=1S/C26H21N2O/c1-16-6-9-20-14-18(8-10-19(20)12-16)15-28-23-5-3-4-22(26(27)29)25(23)21-11-7-17(2)13-24(21)28/h3-10,12-14H,15H2,1-2H3,(H2,27,29). The fourth-order valence-electron chi connectivity index (χ4n) is 4.23. The molecule has 0 bridgehead atoms. The van der Waals surface area contributed by atoms with Gasteiger partial charge in [-0.25, -0.2) is 0 Å². The van der Waals surface area contributed by atoms with E-state index in [9.17, 15) is 4.79 Å². The Morgan fingerprint density at radius 1 is 0.931 bits per heavy atom. The molecular formula is C26H21N2O.